The number of carbonyl (C=O) groups is 2. The summed E-state index contributed by atoms with van der Waals surface area (Å²) in [5.74, 6) is 0.0356. The number of aryl methyl sites for hydroxylation is 1. The summed E-state index contributed by atoms with van der Waals surface area (Å²) in [6.07, 6.45) is 3.93. The van der Waals surface area contributed by atoms with Gasteiger partial charge in [0.2, 0.25) is 5.91 Å². The normalized spacial score (nSPS) is 21.3. The minimum Gasteiger partial charge on any atom is -0.353 e. The van der Waals surface area contributed by atoms with E-state index < -0.39 is 0 Å². The van der Waals surface area contributed by atoms with Gasteiger partial charge in [0, 0.05) is 24.8 Å². The molecule has 0 unspecified atom stereocenters. The molecule has 2 N–H and O–H groups in total. The summed E-state index contributed by atoms with van der Waals surface area (Å²) < 4.78 is 0. The topological polar surface area (TPSA) is 61.4 Å². The molecule has 0 aromatic heterocycles. The Morgan fingerprint density at radius 3 is 2.55 bits per heavy atom. The number of amides is 3. The summed E-state index contributed by atoms with van der Waals surface area (Å²) in [5.41, 5.74) is 1.95. The van der Waals surface area contributed by atoms with Gasteiger partial charge >= 0.3 is 6.03 Å². The van der Waals surface area contributed by atoms with E-state index in [2.05, 4.69) is 10.6 Å². The van der Waals surface area contributed by atoms with E-state index >= 15 is 0 Å². The highest BCUT2D eigenvalue weighted by molar-refractivity contribution is 5.90. The van der Waals surface area contributed by atoms with Gasteiger partial charge in [0.15, 0.2) is 0 Å². The van der Waals surface area contributed by atoms with Gasteiger partial charge in [0.25, 0.3) is 0 Å². The Kier molecular flexibility index (Phi) is 4.32. The number of nitrogens with zero attached hydrogens (tertiary/aromatic N) is 1. The molecule has 3 rings (SSSR count). The summed E-state index contributed by atoms with van der Waals surface area (Å²) in [6.45, 7) is 3.24. The number of rotatable bonds is 3. The lowest BCUT2D eigenvalue weighted by Crippen LogP contribution is -2.47. The third-order valence-corrected chi connectivity index (χ3v) is 4.31. The number of benzene rings is 1. The van der Waals surface area contributed by atoms with Crippen LogP contribution >= 0.6 is 0 Å². The van der Waals surface area contributed by atoms with Crippen LogP contribution in [0.2, 0.25) is 0 Å². The summed E-state index contributed by atoms with van der Waals surface area (Å²) in [5, 5.41) is 5.95. The molecule has 0 radical (unpaired) electrons. The molecule has 22 heavy (non-hydrogen) atoms. The average Bonchev–Trinajstić information content (AvgIpc) is 3.33. The van der Waals surface area contributed by atoms with Crippen molar-refractivity contribution in [1.29, 1.82) is 0 Å². The van der Waals surface area contributed by atoms with Gasteiger partial charge in [0.1, 0.15) is 0 Å². The zero-order valence-electron chi connectivity index (χ0n) is 13.0. The number of carbonyl (C=O) groups excluding carboxylic acids is 2. The van der Waals surface area contributed by atoms with E-state index in [9.17, 15) is 9.59 Å². The zero-order chi connectivity index (χ0) is 15.5. The van der Waals surface area contributed by atoms with Gasteiger partial charge < -0.3 is 15.5 Å². The second-order valence-corrected chi connectivity index (χ2v) is 6.36. The van der Waals surface area contributed by atoms with E-state index in [0.29, 0.717) is 19.1 Å². The van der Waals surface area contributed by atoms with Crippen molar-refractivity contribution >= 4 is 17.6 Å². The molecule has 5 heteroatoms. The minimum atomic E-state index is -0.118. The number of hydrogen-bond donors (Lipinski definition) is 2. The van der Waals surface area contributed by atoms with Crippen molar-refractivity contribution in [2.45, 2.75) is 38.6 Å². The smallest absolute Gasteiger partial charge is 0.321 e. The Labute approximate surface area is 131 Å². The molecule has 0 bridgehead atoms. The molecule has 5 nitrogen and oxygen atoms in total. The van der Waals surface area contributed by atoms with Gasteiger partial charge in [-0.15, -0.1) is 0 Å². The first-order valence-electron chi connectivity index (χ1n) is 8.05. The highest BCUT2D eigenvalue weighted by Crippen LogP contribution is 2.22. The van der Waals surface area contributed by atoms with Crippen LogP contribution in [0.25, 0.3) is 0 Å². The maximum atomic E-state index is 12.3. The van der Waals surface area contributed by atoms with Gasteiger partial charge in [-0.2, -0.15) is 0 Å². The lowest BCUT2D eigenvalue weighted by molar-refractivity contribution is -0.126. The molecule has 1 saturated carbocycles. The number of anilines is 1. The van der Waals surface area contributed by atoms with E-state index in [0.717, 1.165) is 36.9 Å². The summed E-state index contributed by atoms with van der Waals surface area (Å²) in [6, 6.07) is 8.00. The highest BCUT2D eigenvalue weighted by atomic mass is 16.2. The number of hydrogen-bond acceptors (Lipinski definition) is 2. The molecular formula is C17H23N3O2. The monoisotopic (exact) mass is 301 g/mol. The molecular weight excluding hydrogens is 278 g/mol. The molecule has 2 fully saturated rings. The fraction of sp³-hybridized carbons (Fsp3) is 0.529. The van der Waals surface area contributed by atoms with Crippen molar-refractivity contribution in [1.82, 2.24) is 10.2 Å². The first kappa shape index (κ1) is 14.9. The Morgan fingerprint density at radius 2 is 1.86 bits per heavy atom. The summed E-state index contributed by atoms with van der Waals surface area (Å²) in [4.78, 5) is 26.2. The van der Waals surface area contributed by atoms with Gasteiger partial charge in [-0.3, -0.25) is 4.79 Å². The summed E-state index contributed by atoms with van der Waals surface area (Å²) in [7, 11) is 0. The van der Waals surface area contributed by atoms with Crippen molar-refractivity contribution in [2.75, 3.05) is 18.4 Å². The van der Waals surface area contributed by atoms with Crippen molar-refractivity contribution in [2.24, 2.45) is 5.92 Å². The molecule has 1 saturated heterocycles. The van der Waals surface area contributed by atoms with Crippen LogP contribution in [-0.4, -0.2) is 36.0 Å². The molecule has 3 amide bonds. The van der Waals surface area contributed by atoms with Crippen LogP contribution in [0.15, 0.2) is 24.3 Å². The van der Waals surface area contributed by atoms with Crippen LogP contribution in [0, 0.1) is 12.8 Å². The molecule has 2 aliphatic rings. The predicted molar refractivity (Wildman–Crippen MR) is 85.7 cm³/mol. The lowest BCUT2D eigenvalue weighted by atomic mass is 9.97. The maximum Gasteiger partial charge on any atom is 0.321 e. The Balaban J connectivity index is 1.55. The molecule has 1 aromatic carbocycles. The molecule has 118 valence electrons. The molecule has 1 heterocycles. The quantitative estimate of drug-likeness (QED) is 0.901. The van der Waals surface area contributed by atoms with Crippen LogP contribution in [0.4, 0.5) is 10.5 Å². The minimum absolute atomic E-state index is 0.0712. The fourth-order valence-corrected chi connectivity index (χ4v) is 2.76. The second kappa shape index (κ2) is 6.38. The molecule has 1 atom stereocenters. The Bertz CT molecular complexity index is 552. The van der Waals surface area contributed by atoms with E-state index in [4.69, 9.17) is 0 Å². The Hall–Kier alpha value is -2.04. The maximum absolute atomic E-state index is 12.3. The third-order valence-electron chi connectivity index (χ3n) is 4.31. The fourth-order valence-electron chi connectivity index (χ4n) is 2.76. The highest BCUT2D eigenvalue weighted by Gasteiger charge is 2.31. The average molecular weight is 301 g/mol. The van der Waals surface area contributed by atoms with Gasteiger partial charge in [-0.25, -0.2) is 4.79 Å². The molecule has 1 aliphatic carbocycles. The van der Waals surface area contributed by atoms with Crippen LogP contribution in [0.3, 0.4) is 0 Å². The van der Waals surface area contributed by atoms with E-state index in [-0.39, 0.29) is 17.9 Å². The van der Waals surface area contributed by atoms with Crippen LogP contribution < -0.4 is 10.6 Å². The van der Waals surface area contributed by atoms with Gasteiger partial charge in [-0.1, -0.05) is 17.7 Å². The number of piperidine rings is 1. The first-order chi connectivity index (χ1) is 10.6. The number of urea groups is 1. The van der Waals surface area contributed by atoms with Crippen LogP contribution in [0.5, 0.6) is 0 Å². The lowest BCUT2D eigenvalue weighted by Gasteiger charge is -2.32. The largest absolute Gasteiger partial charge is 0.353 e. The van der Waals surface area contributed by atoms with Crippen molar-refractivity contribution < 1.29 is 9.59 Å². The third kappa shape index (κ3) is 3.78. The van der Waals surface area contributed by atoms with E-state index in [1.54, 1.807) is 4.90 Å². The second-order valence-electron chi connectivity index (χ2n) is 6.36. The van der Waals surface area contributed by atoms with E-state index in [1.165, 1.54) is 0 Å². The van der Waals surface area contributed by atoms with Crippen molar-refractivity contribution in [3.63, 3.8) is 0 Å². The van der Waals surface area contributed by atoms with Crippen molar-refractivity contribution in [3.05, 3.63) is 29.8 Å². The van der Waals surface area contributed by atoms with E-state index in [1.807, 2.05) is 31.2 Å². The first-order valence-corrected chi connectivity index (χ1v) is 8.05. The zero-order valence-corrected chi connectivity index (χ0v) is 13.0. The summed E-state index contributed by atoms with van der Waals surface area (Å²) >= 11 is 0. The van der Waals surface area contributed by atoms with Crippen LogP contribution in [-0.2, 0) is 4.79 Å². The SMILES string of the molecule is Cc1ccc(NC(=O)N2CCC[C@H](C(=O)NC3CC3)C2)cc1. The van der Waals surface area contributed by atoms with Crippen molar-refractivity contribution in [3.8, 4) is 0 Å². The molecule has 1 aromatic rings. The standard InChI is InChI=1S/C17H23N3O2/c1-12-4-6-15(7-5-12)19-17(22)20-10-2-3-13(11-20)16(21)18-14-8-9-14/h4-7,13-14H,2-3,8-11H2,1H3,(H,18,21)(H,19,22)/t13-/m0/s1. The van der Waals surface area contributed by atoms with Gasteiger partial charge in [-0.05, 0) is 44.7 Å². The molecule has 1 aliphatic heterocycles. The number of nitrogens with one attached hydrogen (secondary N) is 2. The van der Waals surface area contributed by atoms with Gasteiger partial charge in [0.05, 0.1) is 5.92 Å². The van der Waals surface area contributed by atoms with Crippen LogP contribution in [0.1, 0.15) is 31.2 Å². The molecule has 0 spiro atoms. The number of likely N-dealkylation sites (tertiary alicyclic amines) is 1. The predicted octanol–water partition coefficient (Wildman–Crippen LogP) is 2.52. The Morgan fingerprint density at radius 1 is 1.14 bits per heavy atom.